The first-order chi connectivity index (χ1) is 16.3. The van der Waals surface area contributed by atoms with Gasteiger partial charge in [0.2, 0.25) is 5.91 Å². The fourth-order valence-corrected chi connectivity index (χ4v) is 3.34. The molecule has 1 aromatic heterocycles. The van der Waals surface area contributed by atoms with Crippen molar-refractivity contribution in [3.05, 3.63) is 69.2 Å². The molecule has 9 heteroatoms. The minimum absolute atomic E-state index is 0.0779. The fraction of sp³-hybridized carbons (Fsp3) is 0.320. The van der Waals surface area contributed by atoms with E-state index >= 15 is 0 Å². The van der Waals surface area contributed by atoms with E-state index < -0.39 is 11.4 Å². The molecule has 180 valence electrons. The van der Waals surface area contributed by atoms with Gasteiger partial charge in [-0.2, -0.15) is 0 Å². The largest absolute Gasteiger partial charge is 0.491 e. The molecule has 0 aliphatic carbocycles. The summed E-state index contributed by atoms with van der Waals surface area (Å²) in [5.74, 6) is -0.246. The molecule has 0 spiro atoms. The molecule has 0 fully saturated rings. The SMILES string of the molecule is CCOCCOc1ccc(-c2cc(=O)[nH]c(-c3cc(CNC(=O)C(C)C)ccc3Cl)n2)c(F)c1. The molecule has 0 aliphatic rings. The van der Waals surface area contributed by atoms with Crippen molar-refractivity contribution in [2.75, 3.05) is 19.8 Å². The van der Waals surface area contributed by atoms with Gasteiger partial charge in [-0.3, -0.25) is 9.59 Å². The van der Waals surface area contributed by atoms with Gasteiger partial charge in [0, 0.05) is 42.3 Å². The van der Waals surface area contributed by atoms with Crippen LogP contribution in [0, 0.1) is 11.7 Å². The van der Waals surface area contributed by atoms with Gasteiger partial charge in [-0.1, -0.05) is 31.5 Å². The van der Waals surface area contributed by atoms with E-state index in [9.17, 15) is 14.0 Å². The van der Waals surface area contributed by atoms with Crippen molar-refractivity contribution >= 4 is 17.5 Å². The second kappa shape index (κ2) is 11.8. The number of benzene rings is 2. The van der Waals surface area contributed by atoms with Crippen LogP contribution in [-0.4, -0.2) is 35.7 Å². The Kier molecular flexibility index (Phi) is 8.79. The molecule has 0 saturated heterocycles. The molecule has 1 amide bonds. The van der Waals surface area contributed by atoms with Gasteiger partial charge in [-0.25, -0.2) is 9.37 Å². The van der Waals surface area contributed by atoms with Crippen molar-refractivity contribution in [1.29, 1.82) is 0 Å². The number of hydrogen-bond acceptors (Lipinski definition) is 5. The number of nitrogens with one attached hydrogen (secondary N) is 2. The summed E-state index contributed by atoms with van der Waals surface area (Å²) in [6.07, 6.45) is 0. The Morgan fingerprint density at radius 2 is 1.94 bits per heavy atom. The minimum Gasteiger partial charge on any atom is -0.491 e. The molecular weight excluding hydrogens is 461 g/mol. The Hall–Kier alpha value is -3.23. The first-order valence-corrected chi connectivity index (χ1v) is 11.3. The third-order valence-corrected chi connectivity index (χ3v) is 5.27. The number of amides is 1. The second-order valence-electron chi connectivity index (χ2n) is 7.85. The van der Waals surface area contributed by atoms with Gasteiger partial charge in [0.05, 0.1) is 17.3 Å². The number of hydrogen-bond donors (Lipinski definition) is 2. The van der Waals surface area contributed by atoms with Crippen LogP contribution >= 0.6 is 11.6 Å². The summed E-state index contributed by atoms with van der Waals surface area (Å²) in [5.41, 5.74) is 1.10. The number of rotatable bonds is 10. The molecule has 0 unspecified atom stereocenters. The molecule has 0 bridgehead atoms. The molecule has 2 N–H and O–H groups in total. The Morgan fingerprint density at radius 3 is 2.65 bits per heavy atom. The molecule has 7 nitrogen and oxygen atoms in total. The lowest BCUT2D eigenvalue weighted by Gasteiger charge is -2.11. The monoisotopic (exact) mass is 487 g/mol. The topological polar surface area (TPSA) is 93.3 Å². The van der Waals surface area contributed by atoms with E-state index in [1.807, 2.05) is 6.92 Å². The average Bonchev–Trinajstić information content (AvgIpc) is 2.80. The van der Waals surface area contributed by atoms with Crippen LogP contribution in [0.15, 0.2) is 47.3 Å². The summed E-state index contributed by atoms with van der Waals surface area (Å²) >= 11 is 6.37. The molecule has 3 rings (SSSR count). The first kappa shape index (κ1) is 25.4. The zero-order valence-electron chi connectivity index (χ0n) is 19.3. The highest BCUT2D eigenvalue weighted by Gasteiger charge is 2.14. The fourth-order valence-electron chi connectivity index (χ4n) is 3.14. The van der Waals surface area contributed by atoms with Crippen LogP contribution < -0.4 is 15.6 Å². The number of halogens is 2. The number of ether oxygens (including phenoxy) is 2. The normalized spacial score (nSPS) is 11.0. The summed E-state index contributed by atoms with van der Waals surface area (Å²) in [6.45, 7) is 7.07. The second-order valence-corrected chi connectivity index (χ2v) is 8.26. The predicted octanol–water partition coefficient (Wildman–Crippen LogP) is 4.58. The summed E-state index contributed by atoms with van der Waals surface area (Å²) in [5, 5.41) is 3.19. The van der Waals surface area contributed by atoms with Crippen molar-refractivity contribution < 1.29 is 18.7 Å². The molecule has 2 aromatic carbocycles. The molecule has 1 heterocycles. The zero-order valence-corrected chi connectivity index (χ0v) is 20.0. The highest BCUT2D eigenvalue weighted by atomic mass is 35.5. The zero-order chi connectivity index (χ0) is 24.7. The van der Waals surface area contributed by atoms with Gasteiger partial charge >= 0.3 is 0 Å². The molecular formula is C25H27ClFN3O4. The quantitative estimate of drug-likeness (QED) is 0.408. The Labute approximate surface area is 202 Å². The van der Waals surface area contributed by atoms with E-state index in [1.165, 1.54) is 18.2 Å². The Morgan fingerprint density at radius 1 is 1.15 bits per heavy atom. The third-order valence-electron chi connectivity index (χ3n) is 4.94. The van der Waals surface area contributed by atoms with E-state index in [0.29, 0.717) is 42.7 Å². The maximum Gasteiger partial charge on any atom is 0.251 e. The lowest BCUT2D eigenvalue weighted by Crippen LogP contribution is -2.27. The number of aromatic amines is 1. The maximum atomic E-state index is 14.8. The maximum absolute atomic E-state index is 14.8. The molecule has 0 atom stereocenters. The van der Waals surface area contributed by atoms with E-state index in [-0.39, 0.29) is 28.9 Å². The predicted molar refractivity (Wildman–Crippen MR) is 129 cm³/mol. The van der Waals surface area contributed by atoms with Crippen LogP contribution in [0.1, 0.15) is 26.3 Å². The highest BCUT2D eigenvalue weighted by molar-refractivity contribution is 6.33. The lowest BCUT2D eigenvalue weighted by atomic mass is 10.1. The van der Waals surface area contributed by atoms with Crippen LogP contribution in [-0.2, 0) is 16.1 Å². The van der Waals surface area contributed by atoms with E-state index in [4.69, 9.17) is 21.1 Å². The molecule has 3 aromatic rings. The van der Waals surface area contributed by atoms with Crippen molar-refractivity contribution in [3.63, 3.8) is 0 Å². The van der Waals surface area contributed by atoms with Crippen molar-refractivity contribution in [1.82, 2.24) is 15.3 Å². The van der Waals surface area contributed by atoms with Crippen molar-refractivity contribution in [3.8, 4) is 28.4 Å². The van der Waals surface area contributed by atoms with Crippen LogP contribution in [0.4, 0.5) is 4.39 Å². The van der Waals surface area contributed by atoms with Gasteiger partial charge in [0.1, 0.15) is 24.0 Å². The number of carbonyl (C=O) groups excluding carboxylic acids is 1. The van der Waals surface area contributed by atoms with Crippen LogP contribution in [0.3, 0.4) is 0 Å². The number of aromatic nitrogens is 2. The molecule has 0 radical (unpaired) electrons. The van der Waals surface area contributed by atoms with Gasteiger partial charge in [-0.05, 0) is 36.8 Å². The standard InChI is InChI=1S/C25H27ClFN3O4/c1-4-33-9-10-34-17-6-7-18(21(27)12-17)22-13-23(31)30-24(29-22)19-11-16(5-8-20(19)26)14-28-25(32)15(2)3/h5-8,11-13,15H,4,9-10,14H2,1-3H3,(H,28,32)(H,29,30,31). The number of nitrogens with zero attached hydrogens (tertiary/aromatic N) is 1. The van der Waals surface area contributed by atoms with Gasteiger partial charge in [-0.15, -0.1) is 0 Å². The molecule has 34 heavy (non-hydrogen) atoms. The van der Waals surface area contributed by atoms with Crippen LogP contribution in [0.5, 0.6) is 5.75 Å². The van der Waals surface area contributed by atoms with E-state index in [0.717, 1.165) is 5.56 Å². The lowest BCUT2D eigenvalue weighted by molar-refractivity contribution is -0.124. The van der Waals surface area contributed by atoms with Crippen LogP contribution in [0.25, 0.3) is 22.6 Å². The molecule has 0 aliphatic heterocycles. The molecule has 0 saturated carbocycles. The highest BCUT2D eigenvalue weighted by Crippen LogP contribution is 2.29. The van der Waals surface area contributed by atoms with Gasteiger partial charge in [0.15, 0.2) is 0 Å². The summed E-state index contributed by atoms with van der Waals surface area (Å²) < 4.78 is 25.5. The van der Waals surface area contributed by atoms with Crippen LogP contribution in [0.2, 0.25) is 5.02 Å². The van der Waals surface area contributed by atoms with Crippen molar-refractivity contribution in [2.45, 2.75) is 27.3 Å². The minimum atomic E-state index is -0.575. The number of carbonyl (C=O) groups is 1. The van der Waals surface area contributed by atoms with E-state index in [1.54, 1.807) is 38.1 Å². The first-order valence-electron chi connectivity index (χ1n) is 11.0. The van der Waals surface area contributed by atoms with Crippen molar-refractivity contribution in [2.24, 2.45) is 5.92 Å². The Balaban J connectivity index is 1.87. The number of H-pyrrole nitrogens is 1. The summed E-state index contributed by atoms with van der Waals surface area (Å²) in [7, 11) is 0. The summed E-state index contributed by atoms with van der Waals surface area (Å²) in [4.78, 5) is 31.4. The van der Waals surface area contributed by atoms with E-state index in [2.05, 4.69) is 15.3 Å². The van der Waals surface area contributed by atoms with Gasteiger partial charge < -0.3 is 19.8 Å². The third kappa shape index (κ3) is 6.65. The smallest absolute Gasteiger partial charge is 0.251 e. The van der Waals surface area contributed by atoms with Gasteiger partial charge in [0.25, 0.3) is 5.56 Å². The Bertz CT molecular complexity index is 1210. The average molecular weight is 488 g/mol. The summed E-state index contributed by atoms with van der Waals surface area (Å²) in [6, 6.07) is 10.8.